The molecule has 2 heterocycles. The Hall–Kier alpha value is -3.55. The van der Waals surface area contributed by atoms with Gasteiger partial charge in [-0.1, -0.05) is 44.2 Å². The highest BCUT2D eigenvalue weighted by molar-refractivity contribution is 5.95. The minimum absolute atomic E-state index is 0.00463. The molecule has 4 rings (SSSR count). The zero-order chi connectivity index (χ0) is 24.4. The van der Waals surface area contributed by atoms with E-state index in [-0.39, 0.29) is 24.1 Å². The molecule has 2 saturated heterocycles. The molecule has 2 aliphatic heterocycles. The Kier molecular flexibility index (Phi) is 9.72. The average Bonchev–Trinajstić information content (AvgIpc) is 3.37. The summed E-state index contributed by atoms with van der Waals surface area (Å²) in [7, 11) is 1.60. The lowest BCUT2D eigenvalue weighted by atomic mass is 10.2. The van der Waals surface area contributed by atoms with Gasteiger partial charge in [-0.05, 0) is 36.8 Å². The van der Waals surface area contributed by atoms with Gasteiger partial charge in [-0.2, -0.15) is 0 Å². The van der Waals surface area contributed by atoms with Gasteiger partial charge in [0.2, 0.25) is 5.91 Å². The SMILES string of the molecule is CC.CC1CN(c2ccc(N3CCN(Cc4ccccc4)C3=O)cc2)C(=O)O1.CNC(C)=O. The number of amides is 4. The molecular formula is C25H34N4O4. The van der Waals surface area contributed by atoms with E-state index in [9.17, 15) is 14.4 Å². The van der Waals surface area contributed by atoms with Crippen LogP contribution in [0.5, 0.6) is 0 Å². The number of rotatable bonds is 4. The third-order valence-electron chi connectivity index (χ3n) is 5.10. The summed E-state index contributed by atoms with van der Waals surface area (Å²) in [6, 6.07) is 17.5. The number of hydrogen-bond donors (Lipinski definition) is 1. The largest absolute Gasteiger partial charge is 0.444 e. The van der Waals surface area contributed by atoms with Crippen molar-refractivity contribution in [2.24, 2.45) is 0 Å². The molecule has 2 fully saturated rings. The van der Waals surface area contributed by atoms with E-state index < -0.39 is 0 Å². The lowest BCUT2D eigenvalue weighted by Crippen LogP contribution is -2.31. The minimum Gasteiger partial charge on any atom is -0.444 e. The molecule has 1 N–H and O–H groups in total. The fraction of sp³-hybridized carbons (Fsp3) is 0.400. The maximum atomic E-state index is 12.7. The molecule has 33 heavy (non-hydrogen) atoms. The molecular weight excluding hydrogens is 420 g/mol. The van der Waals surface area contributed by atoms with Gasteiger partial charge in [-0.3, -0.25) is 14.6 Å². The first-order valence-electron chi connectivity index (χ1n) is 11.3. The minimum atomic E-state index is -0.323. The Labute approximate surface area is 196 Å². The number of ether oxygens (including phenoxy) is 1. The van der Waals surface area contributed by atoms with Gasteiger partial charge < -0.3 is 15.0 Å². The molecule has 2 aliphatic rings. The highest BCUT2D eigenvalue weighted by Crippen LogP contribution is 2.27. The predicted molar refractivity (Wildman–Crippen MR) is 130 cm³/mol. The maximum absolute atomic E-state index is 12.7. The number of hydrogen-bond acceptors (Lipinski definition) is 4. The molecule has 2 aromatic rings. The lowest BCUT2D eigenvalue weighted by molar-refractivity contribution is -0.118. The van der Waals surface area contributed by atoms with Crippen molar-refractivity contribution in [3.63, 3.8) is 0 Å². The van der Waals surface area contributed by atoms with Crippen molar-refractivity contribution in [1.29, 1.82) is 0 Å². The van der Waals surface area contributed by atoms with E-state index in [0.717, 1.165) is 16.9 Å². The van der Waals surface area contributed by atoms with Crippen LogP contribution in [0.3, 0.4) is 0 Å². The second kappa shape index (κ2) is 12.5. The second-order valence-corrected chi connectivity index (χ2v) is 7.47. The molecule has 2 aromatic carbocycles. The number of cyclic esters (lactones) is 1. The van der Waals surface area contributed by atoms with E-state index in [4.69, 9.17) is 4.74 Å². The van der Waals surface area contributed by atoms with Crippen LogP contribution in [-0.4, -0.2) is 55.7 Å². The van der Waals surface area contributed by atoms with E-state index in [1.165, 1.54) is 6.92 Å². The van der Waals surface area contributed by atoms with Crippen molar-refractivity contribution in [2.75, 3.05) is 36.5 Å². The number of carbonyl (C=O) groups excluding carboxylic acids is 3. The summed E-state index contributed by atoms with van der Waals surface area (Å²) in [5.74, 6) is 0.00463. The quantitative estimate of drug-likeness (QED) is 0.749. The Balaban J connectivity index is 0.000000489. The van der Waals surface area contributed by atoms with Crippen LogP contribution < -0.4 is 15.1 Å². The van der Waals surface area contributed by atoms with Gasteiger partial charge in [0.05, 0.1) is 6.54 Å². The van der Waals surface area contributed by atoms with Crippen molar-refractivity contribution in [3.8, 4) is 0 Å². The lowest BCUT2D eigenvalue weighted by Gasteiger charge is -2.20. The zero-order valence-corrected chi connectivity index (χ0v) is 20.1. The van der Waals surface area contributed by atoms with Crippen LogP contribution in [0.2, 0.25) is 0 Å². The van der Waals surface area contributed by atoms with Gasteiger partial charge >= 0.3 is 12.1 Å². The Bertz CT molecular complexity index is 918. The summed E-state index contributed by atoms with van der Waals surface area (Å²) in [6.45, 7) is 9.87. The Morgan fingerprint density at radius 2 is 1.52 bits per heavy atom. The van der Waals surface area contributed by atoms with Crippen molar-refractivity contribution in [1.82, 2.24) is 10.2 Å². The monoisotopic (exact) mass is 454 g/mol. The molecule has 8 heteroatoms. The van der Waals surface area contributed by atoms with E-state index in [1.54, 1.807) is 16.8 Å². The van der Waals surface area contributed by atoms with Gasteiger partial charge in [0.15, 0.2) is 0 Å². The van der Waals surface area contributed by atoms with Gasteiger partial charge in [-0.25, -0.2) is 9.59 Å². The van der Waals surface area contributed by atoms with Crippen LogP contribution in [0.25, 0.3) is 0 Å². The second-order valence-electron chi connectivity index (χ2n) is 7.47. The summed E-state index contributed by atoms with van der Waals surface area (Å²) in [5.41, 5.74) is 2.76. The molecule has 0 spiro atoms. The third kappa shape index (κ3) is 6.97. The molecule has 4 amide bonds. The van der Waals surface area contributed by atoms with Crippen molar-refractivity contribution < 1.29 is 19.1 Å². The van der Waals surface area contributed by atoms with Crippen molar-refractivity contribution in [3.05, 3.63) is 60.2 Å². The summed E-state index contributed by atoms with van der Waals surface area (Å²) in [4.78, 5) is 39.5. The molecule has 178 valence electrons. The maximum Gasteiger partial charge on any atom is 0.414 e. The van der Waals surface area contributed by atoms with E-state index in [1.807, 2.05) is 80.3 Å². The molecule has 0 saturated carbocycles. The average molecular weight is 455 g/mol. The molecule has 1 atom stereocenters. The fourth-order valence-electron chi connectivity index (χ4n) is 3.40. The normalized spacial score (nSPS) is 17.0. The highest BCUT2D eigenvalue weighted by atomic mass is 16.6. The zero-order valence-electron chi connectivity index (χ0n) is 20.1. The van der Waals surface area contributed by atoms with Crippen LogP contribution in [0.1, 0.15) is 33.3 Å². The first kappa shape index (κ1) is 25.7. The number of anilines is 2. The third-order valence-corrected chi connectivity index (χ3v) is 5.10. The standard InChI is InChI=1S/C20H21N3O3.C3H7NO.C2H6/c1-15-13-23(20(25)26-15)18-9-7-17(8-10-18)22-12-11-21(19(22)24)14-16-5-3-2-4-6-16;1-3(5)4-2;1-2/h2-10,15H,11-14H2,1H3;1-2H3,(H,4,5);1-2H3. The van der Waals surface area contributed by atoms with E-state index in [2.05, 4.69) is 5.32 Å². The first-order valence-corrected chi connectivity index (χ1v) is 11.3. The first-order chi connectivity index (χ1) is 15.9. The Morgan fingerprint density at radius 1 is 0.970 bits per heavy atom. The number of carbonyl (C=O) groups is 3. The van der Waals surface area contributed by atoms with Gasteiger partial charge in [-0.15, -0.1) is 0 Å². The van der Waals surface area contributed by atoms with Crippen LogP contribution in [-0.2, 0) is 16.1 Å². The van der Waals surface area contributed by atoms with Crippen LogP contribution in [0, 0.1) is 0 Å². The number of benzene rings is 2. The molecule has 8 nitrogen and oxygen atoms in total. The molecule has 0 radical (unpaired) electrons. The van der Waals surface area contributed by atoms with Crippen LogP contribution in [0.15, 0.2) is 54.6 Å². The highest BCUT2D eigenvalue weighted by Gasteiger charge is 2.31. The summed E-state index contributed by atoms with van der Waals surface area (Å²) in [6.07, 6.45) is -0.426. The Morgan fingerprint density at radius 3 is 2.00 bits per heavy atom. The molecule has 0 aliphatic carbocycles. The molecule has 0 bridgehead atoms. The van der Waals surface area contributed by atoms with Crippen molar-refractivity contribution >= 4 is 29.4 Å². The molecule has 0 aromatic heterocycles. The predicted octanol–water partition coefficient (Wildman–Crippen LogP) is 4.25. The van der Waals surface area contributed by atoms with Crippen LogP contribution >= 0.6 is 0 Å². The number of nitrogens with zero attached hydrogens (tertiary/aromatic N) is 3. The van der Waals surface area contributed by atoms with Crippen molar-refractivity contribution in [2.45, 2.75) is 40.3 Å². The molecule has 1 unspecified atom stereocenters. The van der Waals surface area contributed by atoms with Gasteiger partial charge in [0, 0.05) is 45.0 Å². The van der Waals surface area contributed by atoms with Crippen LogP contribution in [0.4, 0.5) is 21.0 Å². The number of urea groups is 1. The number of nitrogens with one attached hydrogen (secondary N) is 1. The van der Waals surface area contributed by atoms with E-state index in [0.29, 0.717) is 26.2 Å². The summed E-state index contributed by atoms with van der Waals surface area (Å²) in [5, 5.41) is 2.39. The van der Waals surface area contributed by atoms with Gasteiger partial charge in [0.1, 0.15) is 6.10 Å². The summed E-state index contributed by atoms with van der Waals surface area (Å²) >= 11 is 0. The van der Waals surface area contributed by atoms with Gasteiger partial charge in [0.25, 0.3) is 0 Å². The topological polar surface area (TPSA) is 82.2 Å². The fourth-order valence-corrected chi connectivity index (χ4v) is 3.40. The van der Waals surface area contributed by atoms with E-state index >= 15 is 0 Å². The smallest absolute Gasteiger partial charge is 0.414 e. The summed E-state index contributed by atoms with van der Waals surface area (Å²) < 4.78 is 5.16.